The highest BCUT2D eigenvalue weighted by Gasteiger charge is 2.14. The third-order valence-electron chi connectivity index (χ3n) is 2.59. The summed E-state index contributed by atoms with van der Waals surface area (Å²) in [6.45, 7) is 4.90. The molecule has 0 aliphatic carbocycles. The maximum atomic E-state index is 11.7. The van der Waals surface area contributed by atoms with Crippen LogP contribution in [0.3, 0.4) is 0 Å². The van der Waals surface area contributed by atoms with Crippen LogP contribution in [-0.4, -0.2) is 23.7 Å². The summed E-state index contributed by atoms with van der Waals surface area (Å²) in [6.07, 6.45) is 6.27. The molecular formula is C13H27N3O2S. The van der Waals surface area contributed by atoms with E-state index in [1.54, 1.807) is 0 Å². The number of carbonyl (C=O) groups excluding carboxylic acids is 2. The molecule has 2 amide bonds. The van der Waals surface area contributed by atoms with E-state index in [1.807, 2.05) is 6.92 Å². The van der Waals surface area contributed by atoms with Gasteiger partial charge in [0.1, 0.15) is 0 Å². The third-order valence-corrected chi connectivity index (χ3v) is 3.61. The van der Waals surface area contributed by atoms with Gasteiger partial charge in [-0.1, -0.05) is 51.5 Å². The van der Waals surface area contributed by atoms with Crippen LogP contribution >= 0.6 is 11.9 Å². The van der Waals surface area contributed by atoms with Gasteiger partial charge >= 0.3 is 0 Å². The Hall–Kier alpha value is -0.750. The number of amides is 2. The van der Waals surface area contributed by atoms with E-state index >= 15 is 0 Å². The zero-order valence-electron chi connectivity index (χ0n) is 12.0. The molecule has 0 fully saturated rings. The van der Waals surface area contributed by atoms with Gasteiger partial charge in [-0.25, -0.2) is 0 Å². The summed E-state index contributed by atoms with van der Waals surface area (Å²) in [5.74, 6) is -0.410. The van der Waals surface area contributed by atoms with Crippen molar-refractivity contribution >= 4 is 23.8 Å². The van der Waals surface area contributed by atoms with E-state index in [-0.39, 0.29) is 17.7 Å². The molecule has 0 saturated carbocycles. The van der Waals surface area contributed by atoms with Crippen LogP contribution in [0.5, 0.6) is 0 Å². The molecular weight excluding hydrogens is 262 g/mol. The van der Waals surface area contributed by atoms with Crippen LogP contribution in [0, 0.1) is 0 Å². The Morgan fingerprint density at radius 2 is 1.84 bits per heavy atom. The summed E-state index contributed by atoms with van der Waals surface area (Å²) in [5.41, 5.74) is 5.16. The first-order valence-electron chi connectivity index (χ1n) is 7.06. The van der Waals surface area contributed by atoms with Crippen LogP contribution in [0.4, 0.5) is 0 Å². The Morgan fingerprint density at radius 1 is 1.16 bits per heavy atom. The van der Waals surface area contributed by atoms with E-state index < -0.39 is 5.91 Å². The highest BCUT2D eigenvalue weighted by atomic mass is 32.2. The molecule has 6 heteroatoms. The number of rotatable bonds is 12. The number of primary amides is 1. The van der Waals surface area contributed by atoms with Gasteiger partial charge in [-0.2, -0.15) is 0 Å². The highest BCUT2D eigenvalue weighted by Crippen LogP contribution is 2.09. The minimum Gasteiger partial charge on any atom is -0.370 e. The van der Waals surface area contributed by atoms with Crippen LogP contribution in [0.25, 0.3) is 0 Å². The summed E-state index contributed by atoms with van der Waals surface area (Å²) in [4.78, 5) is 22.6. The second-order valence-electron chi connectivity index (χ2n) is 4.51. The van der Waals surface area contributed by atoms with Gasteiger partial charge < -0.3 is 11.1 Å². The highest BCUT2D eigenvalue weighted by molar-refractivity contribution is 7.98. The molecule has 0 rings (SSSR count). The first-order valence-corrected chi connectivity index (χ1v) is 7.94. The Kier molecular flexibility index (Phi) is 11.8. The fourth-order valence-corrected chi connectivity index (χ4v) is 2.44. The molecule has 0 aliphatic rings. The van der Waals surface area contributed by atoms with Crippen LogP contribution in [0.1, 0.15) is 58.8 Å². The van der Waals surface area contributed by atoms with Crippen molar-refractivity contribution in [3.05, 3.63) is 0 Å². The molecule has 0 radical (unpaired) electrons. The molecule has 0 aromatic rings. The van der Waals surface area contributed by atoms with Crippen LogP contribution in [0.2, 0.25) is 0 Å². The van der Waals surface area contributed by atoms with Crippen molar-refractivity contribution in [3.63, 3.8) is 0 Å². The normalized spacial score (nSPS) is 12.1. The molecule has 0 aromatic heterocycles. The fraction of sp³-hybridized carbons (Fsp3) is 0.846. The second-order valence-corrected chi connectivity index (χ2v) is 5.60. The molecule has 5 nitrogen and oxygen atoms in total. The monoisotopic (exact) mass is 289 g/mol. The summed E-state index contributed by atoms with van der Waals surface area (Å²) < 4.78 is 3.04. The Balaban J connectivity index is 3.84. The van der Waals surface area contributed by atoms with Crippen LogP contribution in [0.15, 0.2) is 0 Å². The first-order chi connectivity index (χ1) is 9.10. The molecule has 0 bridgehead atoms. The Labute approximate surface area is 120 Å². The van der Waals surface area contributed by atoms with Crippen molar-refractivity contribution in [1.82, 2.24) is 10.0 Å². The van der Waals surface area contributed by atoms with Crippen molar-refractivity contribution < 1.29 is 9.59 Å². The quantitative estimate of drug-likeness (QED) is 0.291. The van der Waals surface area contributed by atoms with Gasteiger partial charge in [0.05, 0.1) is 11.8 Å². The summed E-state index contributed by atoms with van der Waals surface area (Å²) in [7, 11) is 0. The SMILES string of the molecule is CCCCCCCC(=O)N[C@H](CC(N)=O)SNCC. The van der Waals surface area contributed by atoms with E-state index in [2.05, 4.69) is 17.0 Å². The molecule has 0 aromatic carbocycles. The predicted molar refractivity (Wildman–Crippen MR) is 80.4 cm³/mol. The number of nitrogens with two attached hydrogens (primary N) is 1. The summed E-state index contributed by atoms with van der Waals surface area (Å²) >= 11 is 1.34. The van der Waals surface area contributed by atoms with E-state index in [4.69, 9.17) is 5.73 Å². The van der Waals surface area contributed by atoms with Gasteiger partial charge in [0, 0.05) is 13.0 Å². The van der Waals surface area contributed by atoms with Gasteiger partial charge in [0.2, 0.25) is 11.8 Å². The number of hydrogen-bond acceptors (Lipinski definition) is 4. The maximum absolute atomic E-state index is 11.7. The smallest absolute Gasteiger partial charge is 0.220 e. The molecule has 0 aliphatic heterocycles. The lowest BCUT2D eigenvalue weighted by molar-refractivity contribution is -0.121. The Morgan fingerprint density at radius 3 is 2.42 bits per heavy atom. The zero-order valence-corrected chi connectivity index (χ0v) is 12.9. The van der Waals surface area contributed by atoms with E-state index in [0.717, 1.165) is 19.4 Å². The number of nitrogens with one attached hydrogen (secondary N) is 2. The van der Waals surface area contributed by atoms with E-state index in [0.29, 0.717) is 6.42 Å². The van der Waals surface area contributed by atoms with Crippen LogP contribution in [-0.2, 0) is 9.59 Å². The number of unbranched alkanes of at least 4 members (excludes halogenated alkanes) is 4. The average Bonchev–Trinajstić information content (AvgIpc) is 2.35. The topological polar surface area (TPSA) is 84.2 Å². The zero-order chi connectivity index (χ0) is 14.5. The lowest BCUT2D eigenvalue weighted by Crippen LogP contribution is -2.37. The van der Waals surface area contributed by atoms with Crippen LogP contribution < -0.4 is 15.8 Å². The first kappa shape index (κ1) is 18.2. The molecule has 0 unspecified atom stereocenters. The minimum atomic E-state index is -0.404. The summed E-state index contributed by atoms with van der Waals surface area (Å²) in [6, 6.07) is 0. The lowest BCUT2D eigenvalue weighted by Gasteiger charge is -2.16. The third kappa shape index (κ3) is 12.0. The van der Waals surface area contributed by atoms with Gasteiger partial charge in [0.15, 0.2) is 0 Å². The summed E-state index contributed by atoms with van der Waals surface area (Å²) in [5, 5.41) is 2.56. The maximum Gasteiger partial charge on any atom is 0.220 e. The van der Waals surface area contributed by atoms with Crippen molar-refractivity contribution in [3.8, 4) is 0 Å². The molecule has 0 heterocycles. The number of hydrogen-bond donors (Lipinski definition) is 3. The number of carbonyl (C=O) groups is 2. The van der Waals surface area contributed by atoms with Gasteiger partial charge in [0.25, 0.3) is 0 Å². The standard InChI is InChI=1S/C13H27N3O2S/c1-3-5-6-7-8-9-12(18)16-13(10-11(14)17)19-15-4-2/h13,15H,3-10H2,1-2H3,(H2,14,17)(H,16,18)/t13-/m0/s1. The molecule has 4 N–H and O–H groups in total. The molecule has 19 heavy (non-hydrogen) atoms. The van der Waals surface area contributed by atoms with Crippen molar-refractivity contribution in [2.45, 2.75) is 64.2 Å². The Bertz CT molecular complexity index is 262. The largest absolute Gasteiger partial charge is 0.370 e. The van der Waals surface area contributed by atoms with E-state index in [9.17, 15) is 9.59 Å². The van der Waals surface area contributed by atoms with Gasteiger partial charge in [-0.3, -0.25) is 14.3 Å². The van der Waals surface area contributed by atoms with E-state index in [1.165, 1.54) is 31.2 Å². The van der Waals surface area contributed by atoms with Crippen molar-refractivity contribution in [2.75, 3.05) is 6.54 Å². The second kappa shape index (κ2) is 12.3. The van der Waals surface area contributed by atoms with Crippen molar-refractivity contribution in [1.29, 1.82) is 0 Å². The lowest BCUT2D eigenvalue weighted by atomic mass is 10.1. The minimum absolute atomic E-state index is 0.00634. The predicted octanol–water partition coefficient (Wildman–Crippen LogP) is 1.92. The fourth-order valence-electron chi connectivity index (χ4n) is 1.63. The van der Waals surface area contributed by atoms with Gasteiger partial charge in [-0.05, 0) is 6.42 Å². The van der Waals surface area contributed by atoms with Crippen molar-refractivity contribution in [2.24, 2.45) is 5.73 Å². The van der Waals surface area contributed by atoms with Gasteiger partial charge in [-0.15, -0.1) is 0 Å². The molecule has 0 spiro atoms. The average molecular weight is 289 g/mol. The molecule has 0 saturated heterocycles. The molecule has 1 atom stereocenters. The molecule has 112 valence electrons.